The molecular formula is C24H22F4N4O3. The van der Waals surface area contributed by atoms with Gasteiger partial charge in [0, 0.05) is 54.8 Å². The van der Waals surface area contributed by atoms with E-state index < -0.39 is 24.7 Å². The van der Waals surface area contributed by atoms with Crippen LogP contribution in [0.1, 0.15) is 22.5 Å². The highest BCUT2D eigenvalue weighted by Gasteiger charge is 2.31. The number of halogens is 4. The van der Waals surface area contributed by atoms with Crippen LogP contribution in [0.2, 0.25) is 0 Å². The van der Waals surface area contributed by atoms with Crippen LogP contribution in [-0.4, -0.2) is 47.0 Å². The van der Waals surface area contributed by atoms with Crippen LogP contribution in [0.3, 0.4) is 0 Å². The SMILES string of the molecule is O=C(Nc1ccc(OC(F)(F)F)cc1)c1cnc(N2CC[C@H](CO)C2)c(-c2ccc(CF)nc2)c1. The Kier molecular flexibility index (Phi) is 7.15. The number of carbonyl (C=O) groups is 1. The van der Waals surface area contributed by atoms with Gasteiger partial charge in [0.2, 0.25) is 0 Å². The number of hydrogen-bond donors (Lipinski definition) is 2. The lowest BCUT2D eigenvalue weighted by molar-refractivity contribution is -0.274. The molecule has 35 heavy (non-hydrogen) atoms. The third kappa shape index (κ3) is 6.04. The van der Waals surface area contributed by atoms with Gasteiger partial charge in [-0.2, -0.15) is 0 Å². The van der Waals surface area contributed by atoms with Gasteiger partial charge >= 0.3 is 6.36 Å². The fourth-order valence-electron chi connectivity index (χ4n) is 3.83. The average Bonchev–Trinajstić information content (AvgIpc) is 3.33. The standard InChI is InChI=1S/C24H22F4N4O3/c25-10-19-2-1-16(11-29-19)21-9-17(12-30-22(21)32-8-7-15(13-32)14-33)23(34)31-18-3-5-20(6-4-18)35-24(26,27)28/h1-6,9,11-12,15,33H,7-8,10,13-14H2,(H,31,34)/t15-/m0/s1. The fraction of sp³-hybridized carbons (Fsp3) is 0.292. The number of pyridine rings is 2. The first-order valence-electron chi connectivity index (χ1n) is 10.8. The summed E-state index contributed by atoms with van der Waals surface area (Å²) in [5, 5.41) is 12.1. The normalized spacial score (nSPS) is 15.8. The van der Waals surface area contributed by atoms with E-state index in [-0.39, 0.29) is 29.5 Å². The van der Waals surface area contributed by atoms with Crippen LogP contribution < -0.4 is 15.0 Å². The minimum absolute atomic E-state index is 0.0614. The fourth-order valence-corrected chi connectivity index (χ4v) is 3.83. The van der Waals surface area contributed by atoms with E-state index in [9.17, 15) is 27.5 Å². The maximum absolute atomic E-state index is 12.9. The van der Waals surface area contributed by atoms with Crippen LogP contribution in [0.5, 0.6) is 5.75 Å². The molecular weight excluding hydrogens is 468 g/mol. The Morgan fingerprint density at radius 3 is 2.51 bits per heavy atom. The molecule has 0 radical (unpaired) electrons. The van der Waals surface area contributed by atoms with Crippen LogP contribution in [0, 0.1) is 5.92 Å². The van der Waals surface area contributed by atoms with Gasteiger partial charge in [-0.25, -0.2) is 9.37 Å². The zero-order valence-corrected chi connectivity index (χ0v) is 18.4. The van der Waals surface area contributed by atoms with Crippen molar-refractivity contribution in [2.75, 3.05) is 29.9 Å². The molecule has 0 spiro atoms. The van der Waals surface area contributed by atoms with Crippen molar-refractivity contribution in [3.8, 4) is 16.9 Å². The van der Waals surface area contributed by atoms with Crippen molar-refractivity contribution in [1.29, 1.82) is 0 Å². The molecule has 1 aromatic carbocycles. The Hall–Kier alpha value is -3.73. The molecule has 1 saturated heterocycles. The predicted molar refractivity (Wildman–Crippen MR) is 121 cm³/mol. The lowest BCUT2D eigenvalue weighted by Crippen LogP contribution is -2.23. The van der Waals surface area contributed by atoms with E-state index in [0.29, 0.717) is 30.0 Å². The maximum atomic E-state index is 12.9. The zero-order chi connectivity index (χ0) is 25.0. The Balaban J connectivity index is 1.59. The highest BCUT2D eigenvalue weighted by molar-refractivity contribution is 6.05. The van der Waals surface area contributed by atoms with Crippen molar-refractivity contribution in [2.24, 2.45) is 5.92 Å². The first-order valence-corrected chi connectivity index (χ1v) is 10.8. The molecule has 0 bridgehead atoms. The number of aliphatic hydroxyl groups is 1. The van der Waals surface area contributed by atoms with Crippen molar-refractivity contribution >= 4 is 17.4 Å². The van der Waals surface area contributed by atoms with Gasteiger partial charge in [-0.1, -0.05) is 6.07 Å². The second kappa shape index (κ2) is 10.3. The van der Waals surface area contributed by atoms with E-state index in [0.717, 1.165) is 18.6 Å². The van der Waals surface area contributed by atoms with E-state index in [1.807, 2.05) is 4.90 Å². The molecule has 184 valence electrons. The Bertz CT molecular complexity index is 1170. The second-order valence-corrected chi connectivity index (χ2v) is 8.08. The number of carbonyl (C=O) groups excluding carboxylic acids is 1. The minimum Gasteiger partial charge on any atom is -0.406 e. The number of aliphatic hydroxyl groups excluding tert-OH is 1. The van der Waals surface area contributed by atoms with Crippen LogP contribution in [0.15, 0.2) is 54.9 Å². The van der Waals surface area contributed by atoms with E-state index in [1.54, 1.807) is 18.2 Å². The summed E-state index contributed by atoms with van der Waals surface area (Å²) >= 11 is 0. The molecule has 0 aliphatic carbocycles. The summed E-state index contributed by atoms with van der Waals surface area (Å²) < 4.78 is 53.8. The Morgan fingerprint density at radius 2 is 1.91 bits per heavy atom. The smallest absolute Gasteiger partial charge is 0.406 e. The van der Waals surface area contributed by atoms with E-state index in [2.05, 4.69) is 20.0 Å². The summed E-state index contributed by atoms with van der Waals surface area (Å²) in [6, 6.07) is 9.66. The topological polar surface area (TPSA) is 87.6 Å². The van der Waals surface area contributed by atoms with Gasteiger partial charge in [0.05, 0.1) is 11.3 Å². The summed E-state index contributed by atoms with van der Waals surface area (Å²) in [6.45, 7) is 0.639. The van der Waals surface area contributed by atoms with Gasteiger partial charge in [-0.3, -0.25) is 9.78 Å². The predicted octanol–water partition coefficient (Wildman–Crippen LogP) is 4.58. The first kappa shape index (κ1) is 24.4. The van der Waals surface area contributed by atoms with E-state index in [4.69, 9.17) is 0 Å². The first-order chi connectivity index (χ1) is 16.8. The van der Waals surface area contributed by atoms with Crippen molar-refractivity contribution in [1.82, 2.24) is 9.97 Å². The van der Waals surface area contributed by atoms with Gasteiger partial charge in [0.1, 0.15) is 18.2 Å². The number of anilines is 2. The van der Waals surface area contributed by atoms with Crippen molar-refractivity contribution in [3.05, 3.63) is 66.1 Å². The summed E-state index contributed by atoms with van der Waals surface area (Å²) in [6.07, 6.45) is -1.09. The molecule has 1 amide bonds. The number of aromatic nitrogens is 2. The number of alkyl halides is 4. The monoisotopic (exact) mass is 490 g/mol. The summed E-state index contributed by atoms with van der Waals surface area (Å²) in [5.41, 5.74) is 2.02. The summed E-state index contributed by atoms with van der Waals surface area (Å²) in [5.74, 6) is -0.192. The van der Waals surface area contributed by atoms with Crippen molar-refractivity contribution in [3.63, 3.8) is 0 Å². The largest absolute Gasteiger partial charge is 0.573 e. The number of benzene rings is 1. The molecule has 0 unspecified atom stereocenters. The van der Waals surface area contributed by atoms with Gasteiger partial charge in [0.25, 0.3) is 5.91 Å². The van der Waals surface area contributed by atoms with Crippen LogP contribution in [0.25, 0.3) is 11.1 Å². The number of ether oxygens (including phenoxy) is 1. The summed E-state index contributed by atoms with van der Waals surface area (Å²) in [4.78, 5) is 23.5. The Morgan fingerprint density at radius 1 is 1.14 bits per heavy atom. The molecule has 11 heteroatoms. The van der Waals surface area contributed by atoms with Crippen molar-refractivity contribution in [2.45, 2.75) is 19.5 Å². The molecule has 1 aliphatic rings. The molecule has 2 N–H and O–H groups in total. The number of hydrogen-bond acceptors (Lipinski definition) is 6. The molecule has 3 heterocycles. The zero-order valence-electron chi connectivity index (χ0n) is 18.4. The number of rotatable bonds is 7. The number of nitrogens with one attached hydrogen (secondary N) is 1. The quantitative estimate of drug-likeness (QED) is 0.472. The molecule has 7 nitrogen and oxygen atoms in total. The van der Waals surface area contributed by atoms with E-state index in [1.165, 1.54) is 24.5 Å². The van der Waals surface area contributed by atoms with Gasteiger partial charge in [-0.05, 0) is 42.8 Å². The lowest BCUT2D eigenvalue weighted by atomic mass is 10.0. The Labute approximate surface area is 198 Å². The van der Waals surface area contributed by atoms with Crippen LogP contribution >= 0.6 is 0 Å². The van der Waals surface area contributed by atoms with Crippen molar-refractivity contribution < 1.29 is 32.2 Å². The number of amides is 1. The average molecular weight is 490 g/mol. The molecule has 3 aromatic rings. The molecule has 0 saturated carbocycles. The summed E-state index contributed by atoms with van der Waals surface area (Å²) in [7, 11) is 0. The molecule has 1 fully saturated rings. The molecule has 2 aromatic heterocycles. The highest BCUT2D eigenvalue weighted by atomic mass is 19.4. The molecule has 1 aliphatic heterocycles. The molecule has 4 rings (SSSR count). The lowest BCUT2D eigenvalue weighted by Gasteiger charge is -2.21. The highest BCUT2D eigenvalue weighted by Crippen LogP contribution is 2.33. The van der Waals surface area contributed by atoms with Gasteiger partial charge in [-0.15, -0.1) is 13.2 Å². The second-order valence-electron chi connectivity index (χ2n) is 8.08. The third-order valence-electron chi connectivity index (χ3n) is 5.59. The van der Waals surface area contributed by atoms with Gasteiger partial charge in [0.15, 0.2) is 0 Å². The molecule has 1 atom stereocenters. The number of nitrogens with zero attached hydrogens (tertiary/aromatic N) is 3. The van der Waals surface area contributed by atoms with E-state index >= 15 is 0 Å². The minimum atomic E-state index is -4.81. The van der Waals surface area contributed by atoms with Crippen LogP contribution in [0.4, 0.5) is 29.1 Å². The van der Waals surface area contributed by atoms with Gasteiger partial charge < -0.3 is 20.1 Å². The van der Waals surface area contributed by atoms with Crippen LogP contribution in [-0.2, 0) is 6.67 Å². The third-order valence-corrected chi connectivity index (χ3v) is 5.59. The maximum Gasteiger partial charge on any atom is 0.573 e.